The predicted molar refractivity (Wildman–Crippen MR) is 92.7 cm³/mol. The zero-order valence-corrected chi connectivity index (χ0v) is 15.4. The lowest BCUT2D eigenvalue weighted by Crippen LogP contribution is -2.56. The van der Waals surface area contributed by atoms with Crippen molar-refractivity contribution in [3.63, 3.8) is 0 Å². The third kappa shape index (κ3) is 3.03. The molecule has 2 unspecified atom stereocenters. The third-order valence-corrected chi connectivity index (χ3v) is 6.36. The van der Waals surface area contributed by atoms with Crippen molar-refractivity contribution in [2.24, 2.45) is 10.8 Å². The van der Waals surface area contributed by atoms with Crippen LogP contribution in [0.25, 0.3) is 0 Å². The molecule has 2 aliphatic heterocycles. The van der Waals surface area contributed by atoms with Crippen molar-refractivity contribution in [3.05, 3.63) is 0 Å². The fraction of sp³-hybridized carbons (Fsp3) is 1.00. The minimum Gasteiger partial charge on any atom is -0.302 e. The van der Waals surface area contributed by atoms with E-state index in [9.17, 15) is 0 Å². The molecule has 1 spiro atoms. The largest absolute Gasteiger partial charge is 0.302 e. The van der Waals surface area contributed by atoms with E-state index in [0.29, 0.717) is 5.41 Å². The molecule has 0 aromatic rings. The van der Waals surface area contributed by atoms with Crippen LogP contribution < -0.4 is 0 Å². The van der Waals surface area contributed by atoms with Gasteiger partial charge in [0.15, 0.2) is 0 Å². The second kappa shape index (κ2) is 6.58. The second-order valence-electron chi connectivity index (χ2n) is 7.65. The van der Waals surface area contributed by atoms with Gasteiger partial charge in [-0.25, -0.2) is 0 Å². The molecule has 2 heteroatoms. The van der Waals surface area contributed by atoms with E-state index in [1.165, 1.54) is 58.2 Å². The zero-order valence-electron chi connectivity index (χ0n) is 15.4. The smallest absolute Gasteiger partial charge is 0.0171 e. The van der Waals surface area contributed by atoms with Gasteiger partial charge >= 0.3 is 0 Å². The van der Waals surface area contributed by atoms with Crippen LogP contribution in [-0.2, 0) is 0 Å². The third-order valence-electron chi connectivity index (χ3n) is 6.36. The highest BCUT2D eigenvalue weighted by molar-refractivity contribution is 5.17. The van der Waals surface area contributed by atoms with Crippen LogP contribution in [-0.4, -0.2) is 48.6 Å². The molecule has 124 valence electrons. The molecule has 4 fully saturated rings. The number of piperidine rings is 1. The first-order valence-corrected chi connectivity index (χ1v) is 9.57. The molecule has 21 heavy (non-hydrogen) atoms. The van der Waals surface area contributed by atoms with Gasteiger partial charge in [-0.3, -0.25) is 0 Å². The fourth-order valence-electron chi connectivity index (χ4n) is 5.30. The van der Waals surface area contributed by atoms with Crippen LogP contribution in [0.15, 0.2) is 0 Å². The maximum absolute atomic E-state index is 2.78. The molecule has 0 amide bonds. The van der Waals surface area contributed by atoms with Crippen LogP contribution in [0, 0.1) is 10.8 Å². The molecule has 0 aromatic carbocycles. The van der Waals surface area contributed by atoms with Gasteiger partial charge in [0.05, 0.1) is 0 Å². The zero-order chi connectivity index (χ0) is 15.7. The number of rotatable bonds is 2. The van der Waals surface area contributed by atoms with Crippen LogP contribution in [0.2, 0.25) is 0 Å². The molecular weight excluding hydrogens is 256 g/mol. The van der Waals surface area contributed by atoms with E-state index in [1.807, 2.05) is 27.7 Å². The molecule has 4 aliphatic rings. The highest BCUT2D eigenvalue weighted by atomic mass is 15.3. The van der Waals surface area contributed by atoms with Gasteiger partial charge in [0.25, 0.3) is 0 Å². The molecule has 3 atom stereocenters. The number of fused-ring (bicyclic) bond motifs is 1. The second-order valence-corrected chi connectivity index (χ2v) is 7.65. The quantitative estimate of drug-likeness (QED) is 0.745. The molecule has 2 heterocycles. The highest BCUT2D eigenvalue weighted by Gasteiger charge is 2.63. The Bertz CT molecular complexity index is 326. The topological polar surface area (TPSA) is 6.48 Å². The van der Waals surface area contributed by atoms with Crippen molar-refractivity contribution in [3.8, 4) is 0 Å². The van der Waals surface area contributed by atoms with Crippen molar-refractivity contribution in [2.45, 2.75) is 85.2 Å². The lowest BCUT2D eigenvalue weighted by molar-refractivity contribution is -0.00853. The van der Waals surface area contributed by atoms with E-state index in [0.717, 1.165) is 17.5 Å². The Morgan fingerprint density at radius 3 is 2.00 bits per heavy atom. The van der Waals surface area contributed by atoms with Crippen LogP contribution in [0.5, 0.6) is 0 Å². The fourth-order valence-corrected chi connectivity index (χ4v) is 5.30. The average molecular weight is 295 g/mol. The summed E-state index contributed by atoms with van der Waals surface area (Å²) in [5, 5.41) is 0. The lowest BCUT2D eigenvalue weighted by Gasteiger charge is -2.49. The maximum atomic E-state index is 2.78. The van der Waals surface area contributed by atoms with Gasteiger partial charge in [0, 0.05) is 37.1 Å². The van der Waals surface area contributed by atoms with E-state index < -0.39 is 0 Å². The summed E-state index contributed by atoms with van der Waals surface area (Å²) in [5.74, 6) is 0. The molecule has 2 saturated carbocycles. The van der Waals surface area contributed by atoms with Crippen molar-refractivity contribution < 1.29 is 0 Å². The van der Waals surface area contributed by atoms with E-state index >= 15 is 0 Å². The summed E-state index contributed by atoms with van der Waals surface area (Å²) in [7, 11) is 2.33. The van der Waals surface area contributed by atoms with Crippen molar-refractivity contribution in [1.29, 1.82) is 0 Å². The van der Waals surface area contributed by atoms with Crippen LogP contribution in [0.1, 0.15) is 73.1 Å². The van der Waals surface area contributed by atoms with E-state index in [2.05, 4.69) is 23.8 Å². The number of likely N-dealkylation sites (tertiary alicyclic amines) is 2. The minimum atomic E-state index is 0.717. The molecule has 0 radical (unpaired) electrons. The SMILES string of the molecule is CC.CC.CC1C[C@]2(CN3CC4(CCCC4)C3)CC2N1C. The van der Waals surface area contributed by atoms with Gasteiger partial charge in [0.1, 0.15) is 0 Å². The Morgan fingerprint density at radius 1 is 0.952 bits per heavy atom. The Kier molecular flexibility index (Phi) is 5.41. The molecule has 0 bridgehead atoms. The van der Waals surface area contributed by atoms with Gasteiger partial charge in [-0.1, -0.05) is 40.5 Å². The minimum absolute atomic E-state index is 0.717. The Labute approximate surface area is 133 Å². The molecule has 0 aromatic heterocycles. The maximum Gasteiger partial charge on any atom is 0.0171 e. The summed E-state index contributed by atoms with van der Waals surface area (Å²) >= 11 is 0. The van der Waals surface area contributed by atoms with Crippen molar-refractivity contribution in [2.75, 3.05) is 26.7 Å². The Balaban J connectivity index is 0.000000374. The summed E-state index contributed by atoms with van der Waals surface area (Å²) in [5.41, 5.74) is 1.51. The normalized spacial score (nSPS) is 39.7. The van der Waals surface area contributed by atoms with Gasteiger partial charge in [-0.2, -0.15) is 0 Å². The summed E-state index contributed by atoms with van der Waals surface area (Å²) < 4.78 is 0. The van der Waals surface area contributed by atoms with Crippen molar-refractivity contribution >= 4 is 0 Å². The predicted octanol–water partition coefficient (Wildman–Crippen LogP) is 4.40. The lowest BCUT2D eigenvalue weighted by atomic mass is 9.77. The van der Waals surface area contributed by atoms with Crippen molar-refractivity contribution in [1.82, 2.24) is 9.80 Å². The van der Waals surface area contributed by atoms with Gasteiger partial charge < -0.3 is 9.80 Å². The van der Waals surface area contributed by atoms with Crippen LogP contribution >= 0.6 is 0 Å². The standard InChI is InChI=1S/C15H26N2.2C2H6/c1-12-7-15(8-13(15)16(12)2)11-17-9-14(10-17)5-3-4-6-14;2*1-2/h12-13H,3-11H2,1-2H3;2*1-2H3/t12?,13?,15-;;/m1../s1. The highest BCUT2D eigenvalue weighted by Crippen LogP contribution is 2.60. The van der Waals surface area contributed by atoms with E-state index in [-0.39, 0.29) is 0 Å². The molecule has 0 N–H and O–H groups in total. The van der Waals surface area contributed by atoms with Gasteiger partial charge in [0.2, 0.25) is 0 Å². The summed E-state index contributed by atoms with van der Waals surface area (Å²) in [6, 6.07) is 1.76. The van der Waals surface area contributed by atoms with Crippen LogP contribution in [0.3, 0.4) is 0 Å². The summed E-state index contributed by atoms with van der Waals surface area (Å²) in [6.45, 7) is 14.7. The first kappa shape index (κ1) is 17.3. The number of hydrogen-bond donors (Lipinski definition) is 0. The first-order valence-electron chi connectivity index (χ1n) is 9.57. The molecular formula is C19H38N2. The summed E-state index contributed by atoms with van der Waals surface area (Å²) in [4.78, 5) is 5.41. The van der Waals surface area contributed by atoms with E-state index in [1.54, 1.807) is 0 Å². The molecule has 2 saturated heterocycles. The van der Waals surface area contributed by atoms with Gasteiger partial charge in [-0.05, 0) is 45.1 Å². The van der Waals surface area contributed by atoms with Gasteiger partial charge in [-0.15, -0.1) is 0 Å². The Morgan fingerprint density at radius 2 is 1.52 bits per heavy atom. The monoisotopic (exact) mass is 294 g/mol. The Hall–Kier alpha value is -0.0800. The number of hydrogen-bond acceptors (Lipinski definition) is 2. The molecule has 2 nitrogen and oxygen atoms in total. The summed E-state index contributed by atoms with van der Waals surface area (Å²) in [6.07, 6.45) is 8.99. The molecule has 2 aliphatic carbocycles. The number of nitrogens with zero attached hydrogens (tertiary/aromatic N) is 2. The van der Waals surface area contributed by atoms with E-state index in [4.69, 9.17) is 0 Å². The average Bonchev–Trinajstić information content (AvgIpc) is 2.83. The van der Waals surface area contributed by atoms with Crippen LogP contribution in [0.4, 0.5) is 0 Å². The first-order chi connectivity index (χ1) is 10.1. The molecule has 4 rings (SSSR count).